The highest BCUT2D eigenvalue weighted by Gasteiger charge is 2.23. The molecule has 3 rings (SSSR count). The summed E-state index contributed by atoms with van der Waals surface area (Å²) >= 11 is 0. The third-order valence-electron chi connectivity index (χ3n) is 3.89. The predicted molar refractivity (Wildman–Crippen MR) is 85.6 cm³/mol. The molecule has 0 saturated heterocycles. The Balaban J connectivity index is 1.67. The van der Waals surface area contributed by atoms with E-state index in [9.17, 15) is 4.79 Å². The van der Waals surface area contributed by atoms with E-state index < -0.39 is 0 Å². The lowest BCUT2D eigenvalue weighted by atomic mass is 10.1. The van der Waals surface area contributed by atoms with Gasteiger partial charge in [-0.2, -0.15) is 5.10 Å². The zero-order valence-corrected chi connectivity index (χ0v) is 13.0. The van der Waals surface area contributed by atoms with Gasteiger partial charge in [0.25, 0.3) is 0 Å². The Bertz CT molecular complexity index is 650. The van der Waals surface area contributed by atoms with E-state index in [1.54, 1.807) is 14.1 Å². The fourth-order valence-corrected chi connectivity index (χ4v) is 2.67. The number of nitrogens with zero attached hydrogens (tertiary/aromatic N) is 3. The van der Waals surface area contributed by atoms with Crippen molar-refractivity contribution in [1.82, 2.24) is 20.0 Å². The number of urea groups is 1. The Labute approximate surface area is 130 Å². The number of hydrogen-bond donors (Lipinski definition) is 2. The van der Waals surface area contributed by atoms with E-state index in [1.807, 2.05) is 6.07 Å². The second-order valence-electron chi connectivity index (χ2n) is 5.80. The monoisotopic (exact) mass is 299 g/mol. The first kappa shape index (κ1) is 14.6. The van der Waals surface area contributed by atoms with Gasteiger partial charge in [0.1, 0.15) is 0 Å². The molecule has 2 heterocycles. The molecule has 0 saturated carbocycles. The van der Waals surface area contributed by atoms with Gasteiger partial charge < -0.3 is 4.90 Å². The Morgan fingerprint density at radius 3 is 2.86 bits per heavy atom. The van der Waals surface area contributed by atoms with Crippen LogP contribution in [0.25, 0.3) is 0 Å². The molecule has 22 heavy (non-hydrogen) atoms. The average Bonchev–Trinajstić information content (AvgIpc) is 2.90. The standard InChI is InChI=1S/C16H21N5O/c1-20(2)16(22)17-15-13-8-9-21(11-14(13)18-19-15)10-12-6-4-3-5-7-12/h3-7H,8-11H2,1-2H3,(H2,17,18,19,22). The van der Waals surface area contributed by atoms with Crippen LogP contribution in [0.3, 0.4) is 0 Å². The number of hydrogen-bond acceptors (Lipinski definition) is 3. The first-order chi connectivity index (χ1) is 10.6. The summed E-state index contributed by atoms with van der Waals surface area (Å²) in [7, 11) is 3.44. The van der Waals surface area contributed by atoms with E-state index >= 15 is 0 Å². The molecule has 1 aromatic carbocycles. The van der Waals surface area contributed by atoms with E-state index in [1.165, 1.54) is 10.5 Å². The first-order valence-electron chi connectivity index (χ1n) is 7.44. The van der Waals surface area contributed by atoms with Crippen LogP contribution in [-0.4, -0.2) is 46.7 Å². The second-order valence-corrected chi connectivity index (χ2v) is 5.80. The van der Waals surface area contributed by atoms with Gasteiger partial charge in [-0.15, -0.1) is 0 Å². The zero-order valence-electron chi connectivity index (χ0n) is 13.0. The number of anilines is 1. The van der Waals surface area contributed by atoms with Crippen LogP contribution in [0.4, 0.5) is 10.6 Å². The van der Waals surface area contributed by atoms with Crippen LogP contribution < -0.4 is 5.32 Å². The largest absolute Gasteiger partial charge is 0.331 e. The molecule has 0 bridgehead atoms. The number of benzene rings is 1. The molecule has 1 aromatic heterocycles. The summed E-state index contributed by atoms with van der Waals surface area (Å²) in [6.45, 7) is 2.72. The minimum atomic E-state index is -0.152. The minimum absolute atomic E-state index is 0.152. The van der Waals surface area contributed by atoms with Crippen LogP contribution in [0.2, 0.25) is 0 Å². The highest BCUT2D eigenvalue weighted by molar-refractivity contribution is 5.88. The Morgan fingerprint density at radius 2 is 2.14 bits per heavy atom. The maximum Gasteiger partial charge on any atom is 0.322 e. The van der Waals surface area contributed by atoms with E-state index in [-0.39, 0.29) is 6.03 Å². The molecule has 6 heteroatoms. The van der Waals surface area contributed by atoms with Crippen LogP contribution in [0.15, 0.2) is 30.3 Å². The van der Waals surface area contributed by atoms with Gasteiger partial charge >= 0.3 is 6.03 Å². The highest BCUT2D eigenvalue weighted by atomic mass is 16.2. The smallest absolute Gasteiger partial charge is 0.322 e. The van der Waals surface area contributed by atoms with E-state index in [4.69, 9.17) is 0 Å². The predicted octanol–water partition coefficient (Wildman–Crippen LogP) is 2.06. The number of rotatable bonds is 3. The van der Waals surface area contributed by atoms with Crippen LogP contribution in [0.1, 0.15) is 16.8 Å². The molecule has 0 atom stereocenters. The van der Waals surface area contributed by atoms with Crippen molar-refractivity contribution in [3.63, 3.8) is 0 Å². The summed E-state index contributed by atoms with van der Waals surface area (Å²) in [5, 5.41) is 10.2. The molecule has 0 fully saturated rings. The third kappa shape index (κ3) is 3.12. The lowest BCUT2D eigenvalue weighted by Crippen LogP contribution is -2.31. The van der Waals surface area contributed by atoms with Gasteiger partial charge in [0.2, 0.25) is 0 Å². The minimum Gasteiger partial charge on any atom is -0.331 e. The molecular weight excluding hydrogens is 278 g/mol. The van der Waals surface area contributed by atoms with Gasteiger partial charge in [0.05, 0.1) is 5.69 Å². The second kappa shape index (κ2) is 6.19. The molecule has 0 spiro atoms. The lowest BCUT2D eigenvalue weighted by molar-refractivity contribution is 0.230. The van der Waals surface area contributed by atoms with Crippen molar-refractivity contribution in [3.8, 4) is 0 Å². The molecule has 2 amide bonds. The zero-order chi connectivity index (χ0) is 15.5. The Hall–Kier alpha value is -2.34. The number of H-pyrrole nitrogens is 1. The number of carbonyl (C=O) groups is 1. The Morgan fingerprint density at radius 1 is 1.36 bits per heavy atom. The molecule has 0 radical (unpaired) electrons. The van der Waals surface area contributed by atoms with E-state index in [0.29, 0.717) is 5.82 Å². The van der Waals surface area contributed by atoms with Crippen molar-refractivity contribution in [2.75, 3.05) is 26.0 Å². The maximum atomic E-state index is 11.8. The van der Waals surface area contributed by atoms with Crippen LogP contribution in [-0.2, 0) is 19.5 Å². The van der Waals surface area contributed by atoms with Gasteiger partial charge in [-0.3, -0.25) is 15.3 Å². The van der Waals surface area contributed by atoms with E-state index in [2.05, 4.69) is 44.7 Å². The maximum absolute atomic E-state index is 11.8. The van der Waals surface area contributed by atoms with Gasteiger partial charge in [-0.1, -0.05) is 30.3 Å². The topological polar surface area (TPSA) is 64.3 Å². The van der Waals surface area contributed by atoms with Crippen LogP contribution in [0, 0.1) is 0 Å². The molecule has 6 nitrogen and oxygen atoms in total. The normalized spacial score (nSPS) is 14.5. The quantitative estimate of drug-likeness (QED) is 0.912. The summed E-state index contributed by atoms with van der Waals surface area (Å²) in [4.78, 5) is 15.6. The van der Waals surface area contributed by atoms with Crippen LogP contribution in [0.5, 0.6) is 0 Å². The van der Waals surface area contributed by atoms with Gasteiger partial charge in [-0.05, 0) is 12.0 Å². The molecule has 2 N–H and O–H groups in total. The van der Waals surface area contributed by atoms with Crippen LogP contribution >= 0.6 is 0 Å². The fourth-order valence-electron chi connectivity index (χ4n) is 2.67. The third-order valence-corrected chi connectivity index (χ3v) is 3.89. The number of aromatic nitrogens is 2. The summed E-state index contributed by atoms with van der Waals surface area (Å²) in [6, 6.07) is 10.3. The average molecular weight is 299 g/mol. The molecule has 1 aliphatic heterocycles. The highest BCUT2D eigenvalue weighted by Crippen LogP contribution is 2.24. The number of amides is 2. The number of fused-ring (bicyclic) bond motifs is 1. The van der Waals surface area contributed by atoms with Crippen molar-refractivity contribution in [1.29, 1.82) is 0 Å². The SMILES string of the molecule is CN(C)C(=O)Nc1n[nH]c2c1CCN(Cc1ccccc1)C2. The summed E-state index contributed by atoms with van der Waals surface area (Å²) in [5.74, 6) is 0.660. The van der Waals surface area contributed by atoms with Gasteiger partial charge in [0.15, 0.2) is 5.82 Å². The van der Waals surface area contributed by atoms with Crippen molar-refractivity contribution in [3.05, 3.63) is 47.2 Å². The molecule has 1 aliphatic rings. The number of aromatic amines is 1. The van der Waals surface area contributed by atoms with Crippen molar-refractivity contribution in [2.24, 2.45) is 0 Å². The Kier molecular flexibility index (Phi) is 4.11. The molecule has 0 aliphatic carbocycles. The molecule has 0 unspecified atom stereocenters. The fraction of sp³-hybridized carbons (Fsp3) is 0.375. The van der Waals surface area contributed by atoms with Gasteiger partial charge in [-0.25, -0.2) is 4.79 Å². The van der Waals surface area contributed by atoms with Crippen molar-refractivity contribution < 1.29 is 4.79 Å². The van der Waals surface area contributed by atoms with Gasteiger partial charge in [0, 0.05) is 39.3 Å². The molecule has 116 valence electrons. The van der Waals surface area contributed by atoms with Crippen molar-refractivity contribution >= 4 is 11.8 Å². The number of carbonyl (C=O) groups excluding carboxylic acids is 1. The van der Waals surface area contributed by atoms with Crippen molar-refractivity contribution in [2.45, 2.75) is 19.5 Å². The summed E-state index contributed by atoms with van der Waals surface area (Å²) in [5.41, 5.74) is 3.53. The number of nitrogens with one attached hydrogen (secondary N) is 2. The van der Waals surface area contributed by atoms with E-state index in [0.717, 1.165) is 37.3 Å². The summed E-state index contributed by atoms with van der Waals surface area (Å²) in [6.07, 6.45) is 0.891. The first-order valence-corrected chi connectivity index (χ1v) is 7.44. The summed E-state index contributed by atoms with van der Waals surface area (Å²) < 4.78 is 0. The molecular formula is C16H21N5O. The molecule has 2 aromatic rings. The lowest BCUT2D eigenvalue weighted by Gasteiger charge is -2.26.